The smallest absolute Gasteiger partial charge is 0.202 e. The summed E-state index contributed by atoms with van der Waals surface area (Å²) in [6.45, 7) is 4.90. The molecule has 1 aliphatic rings. The van der Waals surface area contributed by atoms with Crippen molar-refractivity contribution in [3.05, 3.63) is 65.3 Å². The SMILES string of the molecule is C#Cc1cnc(C(=O)Cc2ccc(C(=C)CNC)cc2C2=CCCCC2)[nH]1. The lowest BCUT2D eigenvalue weighted by atomic mass is 9.87. The fraction of sp³-hybridized carbons (Fsp3) is 0.304. The molecule has 2 aromatic rings. The number of hydrogen-bond donors (Lipinski definition) is 2. The molecule has 4 heteroatoms. The fourth-order valence-electron chi connectivity index (χ4n) is 3.44. The van der Waals surface area contributed by atoms with Gasteiger partial charge in [0.15, 0.2) is 5.82 Å². The third kappa shape index (κ3) is 4.45. The van der Waals surface area contributed by atoms with Crippen LogP contribution in [0.3, 0.4) is 0 Å². The molecule has 1 aromatic heterocycles. The second-order valence-corrected chi connectivity index (χ2v) is 6.87. The second-order valence-electron chi connectivity index (χ2n) is 6.87. The van der Waals surface area contributed by atoms with Gasteiger partial charge < -0.3 is 10.3 Å². The van der Waals surface area contributed by atoms with E-state index in [2.05, 4.69) is 39.9 Å². The number of ketones is 1. The third-order valence-corrected chi connectivity index (χ3v) is 4.89. The van der Waals surface area contributed by atoms with Crippen LogP contribution in [0.1, 0.15) is 58.7 Å². The molecule has 0 bridgehead atoms. The number of carbonyl (C=O) groups is 1. The van der Waals surface area contributed by atoms with Gasteiger partial charge in [-0.2, -0.15) is 0 Å². The highest BCUT2D eigenvalue weighted by Gasteiger charge is 2.17. The van der Waals surface area contributed by atoms with Crippen LogP contribution in [0, 0.1) is 12.3 Å². The summed E-state index contributed by atoms with van der Waals surface area (Å²) in [6, 6.07) is 6.27. The van der Waals surface area contributed by atoms with Gasteiger partial charge in [0.2, 0.25) is 5.78 Å². The molecule has 1 heterocycles. The number of aromatic amines is 1. The van der Waals surface area contributed by atoms with E-state index in [9.17, 15) is 4.79 Å². The van der Waals surface area contributed by atoms with E-state index < -0.39 is 0 Å². The monoisotopic (exact) mass is 359 g/mol. The first-order valence-corrected chi connectivity index (χ1v) is 9.32. The van der Waals surface area contributed by atoms with Crippen LogP contribution >= 0.6 is 0 Å². The number of carbonyl (C=O) groups excluding carboxylic acids is 1. The van der Waals surface area contributed by atoms with Gasteiger partial charge >= 0.3 is 0 Å². The van der Waals surface area contributed by atoms with E-state index in [1.54, 1.807) is 0 Å². The van der Waals surface area contributed by atoms with Crippen LogP contribution in [0.2, 0.25) is 0 Å². The van der Waals surface area contributed by atoms with Crippen LogP contribution in [0.4, 0.5) is 0 Å². The molecule has 4 nitrogen and oxygen atoms in total. The summed E-state index contributed by atoms with van der Waals surface area (Å²) in [5, 5.41) is 3.14. The lowest BCUT2D eigenvalue weighted by Crippen LogP contribution is -2.11. The Bertz CT molecular complexity index is 927. The van der Waals surface area contributed by atoms with Crippen molar-refractivity contribution in [2.24, 2.45) is 0 Å². The number of hydrogen-bond acceptors (Lipinski definition) is 3. The highest BCUT2D eigenvalue weighted by molar-refractivity contribution is 5.95. The van der Waals surface area contributed by atoms with Crippen LogP contribution in [-0.2, 0) is 6.42 Å². The number of imidazole rings is 1. The molecule has 0 amide bonds. The van der Waals surface area contributed by atoms with E-state index in [-0.39, 0.29) is 5.78 Å². The number of allylic oxidation sites excluding steroid dienone is 2. The van der Waals surface area contributed by atoms with Gasteiger partial charge in [-0.05, 0) is 66.6 Å². The average molecular weight is 359 g/mol. The minimum absolute atomic E-state index is 0.0593. The summed E-state index contributed by atoms with van der Waals surface area (Å²) in [4.78, 5) is 19.7. The molecule has 0 aliphatic heterocycles. The number of nitrogens with zero attached hydrogens (tertiary/aromatic N) is 1. The highest BCUT2D eigenvalue weighted by atomic mass is 16.1. The summed E-state index contributed by atoms with van der Waals surface area (Å²) in [7, 11) is 1.91. The second kappa shape index (κ2) is 8.66. The molecule has 0 unspecified atom stereocenters. The zero-order valence-electron chi connectivity index (χ0n) is 15.8. The Labute approximate surface area is 160 Å². The third-order valence-electron chi connectivity index (χ3n) is 4.89. The Morgan fingerprint density at radius 2 is 2.26 bits per heavy atom. The first-order chi connectivity index (χ1) is 13.1. The van der Waals surface area contributed by atoms with Crippen molar-refractivity contribution in [2.75, 3.05) is 13.6 Å². The number of nitrogens with one attached hydrogen (secondary N) is 2. The van der Waals surface area contributed by atoms with Crippen molar-refractivity contribution in [3.63, 3.8) is 0 Å². The van der Waals surface area contributed by atoms with Gasteiger partial charge in [0, 0.05) is 13.0 Å². The number of rotatable bonds is 7. The summed E-state index contributed by atoms with van der Waals surface area (Å²) < 4.78 is 0. The van der Waals surface area contributed by atoms with Crippen LogP contribution in [-0.4, -0.2) is 29.3 Å². The van der Waals surface area contributed by atoms with Crippen LogP contribution in [0.25, 0.3) is 11.1 Å². The largest absolute Gasteiger partial charge is 0.329 e. The Kier molecular flexibility index (Phi) is 6.05. The van der Waals surface area contributed by atoms with Crippen molar-refractivity contribution in [1.82, 2.24) is 15.3 Å². The topological polar surface area (TPSA) is 57.8 Å². The predicted molar refractivity (Wildman–Crippen MR) is 110 cm³/mol. The number of H-pyrrole nitrogens is 1. The van der Waals surface area contributed by atoms with Gasteiger partial charge in [-0.15, -0.1) is 6.42 Å². The van der Waals surface area contributed by atoms with Gasteiger partial charge in [0.25, 0.3) is 0 Å². The van der Waals surface area contributed by atoms with Crippen molar-refractivity contribution >= 4 is 16.9 Å². The summed E-state index contributed by atoms with van der Waals surface area (Å²) in [5.41, 5.74) is 6.17. The molecule has 2 N–H and O–H groups in total. The van der Waals surface area contributed by atoms with Crippen LogP contribution < -0.4 is 5.32 Å². The average Bonchev–Trinajstić information content (AvgIpc) is 3.18. The Morgan fingerprint density at radius 1 is 1.41 bits per heavy atom. The van der Waals surface area contributed by atoms with Crippen molar-refractivity contribution < 1.29 is 4.79 Å². The number of terminal acetylenes is 1. The van der Waals surface area contributed by atoms with E-state index in [4.69, 9.17) is 6.42 Å². The van der Waals surface area contributed by atoms with Gasteiger partial charge in [-0.3, -0.25) is 4.79 Å². The number of likely N-dealkylation sites (N-methyl/N-ethyl adjacent to an activating group) is 1. The molecule has 1 aromatic carbocycles. The Hall–Kier alpha value is -2.90. The minimum atomic E-state index is -0.0593. The first-order valence-electron chi connectivity index (χ1n) is 9.32. The van der Waals surface area contributed by atoms with E-state index in [1.807, 2.05) is 19.2 Å². The van der Waals surface area contributed by atoms with Gasteiger partial charge in [0.05, 0.1) is 6.20 Å². The Morgan fingerprint density at radius 3 is 2.93 bits per heavy atom. The first kappa shape index (κ1) is 18.9. The summed E-state index contributed by atoms with van der Waals surface area (Å²) in [5.74, 6) is 2.72. The molecule has 0 spiro atoms. The van der Waals surface area contributed by atoms with Gasteiger partial charge in [-0.25, -0.2) is 4.98 Å². The predicted octanol–water partition coefficient (Wildman–Crippen LogP) is 4.01. The fourth-order valence-corrected chi connectivity index (χ4v) is 3.44. The van der Waals surface area contributed by atoms with Crippen molar-refractivity contribution in [1.29, 1.82) is 0 Å². The molecular weight excluding hydrogens is 334 g/mol. The molecule has 27 heavy (non-hydrogen) atoms. The molecule has 1 aliphatic carbocycles. The van der Waals surface area contributed by atoms with Gasteiger partial charge in [0.1, 0.15) is 5.69 Å². The minimum Gasteiger partial charge on any atom is -0.329 e. The van der Waals surface area contributed by atoms with E-state index in [1.165, 1.54) is 24.6 Å². The number of benzene rings is 1. The lowest BCUT2D eigenvalue weighted by Gasteiger charge is -2.18. The van der Waals surface area contributed by atoms with E-state index >= 15 is 0 Å². The standard InChI is InChI=1S/C23H25N3O/c1-4-20-15-25-23(26-20)22(27)13-19-11-10-18(16(2)14-24-3)12-21(19)17-8-6-5-7-9-17/h1,8,10-12,15,24H,2,5-7,9,13-14H2,3H3,(H,25,26). The molecule has 0 saturated heterocycles. The van der Waals surface area contributed by atoms with E-state index in [0.717, 1.165) is 41.6 Å². The molecular formula is C23H25N3O. The Balaban J connectivity index is 1.93. The molecule has 0 atom stereocenters. The van der Waals surface area contributed by atoms with Crippen LogP contribution in [0.5, 0.6) is 0 Å². The maximum Gasteiger partial charge on any atom is 0.202 e. The molecule has 0 fully saturated rings. The molecule has 138 valence electrons. The maximum atomic E-state index is 12.7. The zero-order valence-corrected chi connectivity index (χ0v) is 15.8. The lowest BCUT2D eigenvalue weighted by molar-refractivity contribution is 0.0984. The van der Waals surface area contributed by atoms with Crippen molar-refractivity contribution in [2.45, 2.75) is 32.1 Å². The molecule has 0 radical (unpaired) electrons. The maximum absolute atomic E-state index is 12.7. The van der Waals surface area contributed by atoms with E-state index in [0.29, 0.717) is 17.9 Å². The van der Waals surface area contributed by atoms with Crippen LogP contribution in [0.15, 0.2) is 37.1 Å². The number of aromatic nitrogens is 2. The van der Waals surface area contributed by atoms with Crippen molar-refractivity contribution in [3.8, 4) is 12.3 Å². The van der Waals surface area contributed by atoms with Gasteiger partial charge in [-0.1, -0.05) is 30.7 Å². The zero-order chi connectivity index (χ0) is 19.2. The highest BCUT2D eigenvalue weighted by Crippen LogP contribution is 2.31. The quantitative estimate of drug-likeness (QED) is 0.580. The summed E-state index contributed by atoms with van der Waals surface area (Å²) in [6.07, 6.45) is 14.0. The number of Topliss-reactive ketones (excluding diaryl/α,β-unsaturated/α-hetero) is 1. The normalized spacial score (nSPS) is 13.7. The molecule has 0 saturated carbocycles. The molecule has 3 rings (SSSR count). The summed E-state index contributed by atoms with van der Waals surface area (Å²) >= 11 is 0.